The molecule has 1 fully saturated rings. The van der Waals surface area contributed by atoms with Crippen molar-refractivity contribution in [2.75, 3.05) is 0 Å². The average Bonchev–Trinajstić information content (AvgIpc) is 3.51. The fourth-order valence-electron chi connectivity index (χ4n) is 5.08. The highest BCUT2D eigenvalue weighted by Gasteiger charge is 2.82. The maximum atomic E-state index is 14.2. The van der Waals surface area contributed by atoms with Crippen molar-refractivity contribution in [1.82, 2.24) is 0 Å². The monoisotopic (exact) mass is 400 g/mol. The van der Waals surface area contributed by atoms with Crippen molar-refractivity contribution >= 4 is 16.9 Å². The fraction of sp³-hybridized carbons (Fsp3) is 0.0690. The second-order valence-corrected chi connectivity index (χ2v) is 8.01. The molecule has 0 saturated carbocycles. The molecule has 2 atom stereocenters. The van der Waals surface area contributed by atoms with Crippen LogP contribution in [0.1, 0.15) is 22.3 Å². The summed E-state index contributed by atoms with van der Waals surface area (Å²) in [5.74, 6) is 0.0209. The number of Topliss-reactive ketones (excluding diaryl/α,β-unsaturated/α-hetero) is 1. The Hall–Kier alpha value is -3.75. The summed E-state index contributed by atoms with van der Waals surface area (Å²) in [6, 6.07) is 40.2. The predicted molar refractivity (Wildman–Crippen MR) is 122 cm³/mol. The van der Waals surface area contributed by atoms with Gasteiger partial charge in [0.2, 0.25) is 5.78 Å². The standard InChI is InChI=1S/C29H20O2/c30-27-25(21-13-5-1-6-14-21)26(22-15-7-2-8-16-22)28(23-17-9-3-10-18-23)29(27,31-28)24-19-11-4-12-20-24/h1-20H. The smallest absolute Gasteiger partial charge is 0.204 e. The maximum absolute atomic E-state index is 14.2. The van der Waals surface area contributed by atoms with Gasteiger partial charge >= 0.3 is 0 Å². The molecule has 1 saturated heterocycles. The zero-order valence-corrected chi connectivity index (χ0v) is 16.9. The van der Waals surface area contributed by atoms with Gasteiger partial charge in [-0.25, -0.2) is 0 Å². The van der Waals surface area contributed by atoms with Gasteiger partial charge in [0, 0.05) is 11.1 Å². The first-order valence-corrected chi connectivity index (χ1v) is 10.5. The Bertz CT molecular complexity index is 1290. The second kappa shape index (κ2) is 6.63. The second-order valence-electron chi connectivity index (χ2n) is 8.01. The molecule has 0 aromatic heterocycles. The number of epoxide rings is 1. The zero-order chi connectivity index (χ0) is 20.9. The number of fused-ring (bicyclic) bond motifs is 1. The highest BCUT2D eigenvalue weighted by atomic mass is 16.6. The number of rotatable bonds is 4. The molecule has 1 aliphatic carbocycles. The van der Waals surface area contributed by atoms with Crippen LogP contribution in [0.25, 0.3) is 11.1 Å². The molecule has 2 unspecified atom stereocenters. The third kappa shape index (κ3) is 2.34. The summed E-state index contributed by atoms with van der Waals surface area (Å²) in [6.45, 7) is 0. The summed E-state index contributed by atoms with van der Waals surface area (Å²) >= 11 is 0. The first-order valence-electron chi connectivity index (χ1n) is 10.5. The van der Waals surface area contributed by atoms with E-state index in [9.17, 15) is 4.79 Å². The zero-order valence-electron chi connectivity index (χ0n) is 16.9. The van der Waals surface area contributed by atoms with Gasteiger partial charge < -0.3 is 4.74 Å². The molecule has 0 bridgehead atoms. The van der Waals surface area contributed by atoms with Crippen LogP contribution in [0.3, 0.4) is 0 Å². The summed E-state index contributed by atoms with van der Waals surface area (Å²) < 4.78 is 6.62. The van der Waals surface area contributed by atoms with Crippen molar-refractivity contribution < 1.29 is 9.53 Å². The molecule has 1 aliphatic heterocycles. The van der Waals surface area contributed by atoms with Gasteiger partial charge in [-0.1, -0.05) is 121 Å². The molecule has 6 rings (SSSR count). The van der Waals surface area contributed by atoms with E-state index in [1.54, 1.807) is 0 Å². The Labute approximate surface area is 181 Å². The Balaban J connectivity index is 1.71. The number of benzene rings is 4. The minimum Gasteiger partial charge on any atom is -0.338 e. The van der Waals surface area contributed by atoms with Gasteiger partial charge in [0.05, 0.1) is 0 Å². The lowest BCUT2D eigenvalue weighted by atomic mass is 9.78. The van der Waals surface area contributed by atoms with E-state index in [-0.39, 0.29) is 5.78 Å². The Morgan fingerprint density at radius 3 is 1.42 bits per heavy atom. The van der Waals surface area contributed by atoms with E-state index in [4.69, 9.17) is 4.74 Å². The van der Waals surface area contributed by atoms with Crippen LogP contribution in [0, 0.1) is 0 Å². The van der Waals surface area contributed by atoms with Gasteiger partial charge in [-0.05, 0) is 22.3 Å². The van der Waals surface area contributed by atoms with E-state index in [1.807, 2.05) is 97.1 Å². The normalized spacial score (nSPS) is 24.2. The van der Waals surface area contributed by atoms with E-state index in [2.05, 4.69) is 24.3 Å². The molecule has 4 aromatic rings. The Morgan fingerprint density at radius 1 is 0.484 bits per heavy atom. The van der Waals surface area contributed by atoms with Crippen molar-refractivity contribution in [3.63, 3.8) is 0 Å². The van der Waals surface area contributed by atoms with E-state index in [0.29, 0.717) is 0 Å². The Kier molecular flexibility index (Phi) is 3.86. The largest absolute Gasteiger partial charge is 0.338 e. The minimum absolute atomic E-state index is 0.0209. The fourth-order valence-corrected chi connectivity index (χ4v) is 5.08. The van der Waals surface area contributed by atoms with Gasteiger partial charge in [0.1, 0.15) is 0 Å². The molecule has 2 heteroatoms. The third-order valence-electron chi connectivity index (χ3n) is 6.39. The molecule has 148 valence electrons. The quantitative estimate of drug-likeness (QED) is 0.393. The molecule has 0 N–H and O–H groups in total. The van der Waals surface area contributed by atoms with Crippen LogP contribution in [0.2, 0.25) is 0 Å². The number of hydrogen-bond acceptors (Lipinski definition) is 2. The van der Waals surface area contributed by atoms with Crippen LogP contribution in [-0.4, -0.2) is 5.78 Å². The summed E-state index contributed by atoms with van der Waals surface area (Å²) in [7, 11) is 0. The third-order valence-corrected chi connectivity index (χ3v) is 6.39. The van der Waals surface area contributed by atoms with Crippen LogP contribution in [-0.2, 0) is 20.7 Å². The number of ether oxygens (including phenoxy) is 1. The number of hydrogen-bond donors (Lipinski definition) is 0. The van der Waals surface area contributed by atoms with Gasteiger partial charge in [0.25, 0.3) is 0 Å². The topological polar surface area (TPSA) is 29.6 Å². The molecule has 0 amide bonds. The summed E-state index contributed by atoms with van der Waals surface area (Å²) in [5.41, 5.74) is 3.61. The van der Waals surface area contributed by atoms with Crippen molar-refractivity contribution in [3.8, 4) is 0 Å². The molecule has 2 aliphatic rings. The summed E-state index contributed by atoms with van der Waals surface area (Å²) in [4.78, 5) is 14.2. The minimum atomic E-state index is -1.05. The van der Waals surface area contributed by atoms with Crippen LogP contribution in [0.5, 0.6) is 0 Å². The van der Waals surface area contributed by atoms with E-state index >= 15 is 0 Å². The van der Waals surface area contributed by atoms with Crippen LogP contribution in [0.15, 0.2) is 121 Å². The van der Waals surface area contributed by atoms with Crippen LogP contribution >= 0.6 is 0 Å². The highest BCUT2D eigenvalue weighted by Crippen LogP contribution is 2.74. The van der Waals surface area contributed by atoms with Crippen molar-refractivity contribution in [3.05, 3.63) is 144 Å². The lowest BCUT2D eigenvalue weighted by molar-refractivity contribution is -0.118. The molecule has 31 heavy (non-hydrogen) atoms. The van der Waals surface area contributed by atoms with Crippen LogP contribution in [0.4, 0.5) is 0 Å². The van der Waals surface area contributed by atoms with Crippen LogP contribution < -0.4 is 0 Å². The summed E-state index contributed by atoms with van der Waals surface area (Å²) in [6.07, 6.45) is 0. The summed E-state index contributed by atoms with van der Waals surface area (Å²) in [5, 5.41) is 0. The first kappa shape index (κ1) is 18.1. The van der Waals surface area contributed by atoms with E-state index in [1.165, 1.54) is 0 Å². The van der Waals surface area contributed by atoms with Crippen molar-refractivity contribution in [2.24, 2.45) is 0 Å². The SMILES string of the molecule is O=C1C(c2ccccc2)=C(c2ccccc2)C2(c3ccccc3)OC12c1ccccc1. The van der Waals surface area contributed by atoms with E-state index < -0.39 is 11.2 Å². The van der Waals surface area contributed by atoms with Crippen molar-refractivity contribution in [2.45, 2.75) is 11.2 Å². The molecule has 2 nitrogen and oxygen atoms in total. The molecular weight excluding hydrogens is 380 g/mol. The molecule has 4 aromatic carbocycles. The lowest BCUT2D eigenvalue weighted by Crippen LogP contribution is -2.25. The number of carbonyl (C=O) groups excluding carboxylic acids is 1. The Morgan fingerprint density at radius 2 is 0.903 bits per heavy atom. The number of carbonyl (C=O) groups is 1. The average molecular weight is 400 g/mol. The van der Waals surface area contributed by atoms with Gasteiger partial charge in [-0.3, -0.25) is 4.79 Å². The predicted octanol–water partition coefficient (Wildman–Crippen LogP) is 6.00. The molecular formula is C29H20O2. The highest BCUT2D eigenvalue weighted by molar-refractivity contribution is 6.38. The maximum Gasteiger partial charge on any atom is 0.204 e. The number of ketones is 1. The van der Waals surface area contributed by atoms with E-state index in [0.717, 1.165) is 33.4 Å². The van der Waals surface area contributed by atoms with Gasteiger partial charge in [-0.2, -0.15) is 0 Å². The first-order chi connectivity index (χ1) is 15.3. The lowest BCUT2D eigenvalue weighted by Gasteiger charge is -2.18. The van der Waals surface area contributed by atoms with Gasteiger partial charge in [-0.15, -0.1) is 0 Å². The molecule has 0 spiro atoms. The van der Waals surface area contributed by atoms with Crippen molar-refractivity contribution in [1.29, 1.82) is 0 Å². The molecule has 1 heterocycles. The molecule has 0 radical (unpaired) electrons. The van der Waals surface area contributed by atoms with Gasteiger partial charge in [0.15, 0.2) is 11.2 Å².